The number of carbonyl (C=O) groups excluding carboxylic acids is 3. The molecule has 2 amide bonds. The molecule has 0 bridgehead atoms. The van der Waals surface area contributed by atoms with E-state index >= 15 is 0 Å². The second-order valence-corrected chi connectivity index (χ2v) is 9.38. The van der Waals surface area contributed by atoms with Gasteiger partial charge >= 0.3 is 23.9 Å². The average molecular weight is 633 g/mol. The highest BCUT2D eigenvalue weighted by Gasteiger charge is 2.75. The lowest BCUT2D eigenvalue weighted by molar-refractivity contribution is -0.356. The van der Waals surface area contributed by atoms with Gasteiger partial charge in [-0.3, -0.25) is 9.59 Å². The van der Waals surface area contributed by atoms with E-state index in [1.165, 1.54) is 29.6 Å². The molecule has 0 aromatic heterocycles. The molecule has 0 radical (unpaired) electrons. The molecule has 192 valence electrons. The average Bonchev–Trinajstić information content (AvgIpc) is 2.63. The zero-order chi connectivity index (χ0) is 27.0. The molecule has 9 nitrogen and oxygen atoms in total. The second kappa shape index (κ2) is 9.84. The SMILES string of the molecule is CC(=O)N(C)c1cc(C(=O)OC(CS(=O)(=O)[O-])(C(F)(F)F)C(F)(F)F)c(I)c(N(C)C(C)=O)c1. The molecule has 1 aromatic rings. The topological polar surface area (TPSA) is 124 Å². The van der Waals surface area contributed by atoms with Crippen LogP contribution in [-0.4, -0.2) is 68.6 Å². The summed E-state index contributed by atoms with van der Waals surface area (Å²) in [4.78, 5) is 37.8. The number of hydrogen-bond acceptors (Lipinski definition) is 7. The Morgan fingerprint density at radius 3 is 1.76 bits per heavy atom. The van der Waals surface area contributed by atoms with Gasteiger partial charge in [0.2, 0.25) is 11.8 Å². The molecule has 34 heavy (non-hydrogen) atoms. The van der Waals surface area contributed by atoms with Gasteiger partial charge in [-0.05, 0) is 34.7 Å². The minimum absolute atomic E-state index is 0.188. The molecule has 0 atom stereocenters. The molecule has 0 spiro atoms. The van der Waals surface area contributed by atoms with Crippen molar-refractivity contribution < 1.29 is 58.4 Å². The molecule has 1 aromatic carbocycles. The summed E-state index contributed by atoms with van der Waals surface area (Å²) in [5.41, 5.74) is -7.05. The summed E-state index contributed by atoms with van der Waals surface area (Å²) in [5, 5.41) is 0. The maximum atomic E-state index is 13.5. The Hall–Kier alpha value is -2.15. The van der Waals surface area contributed by atoms with Crippen molar-refractivity contribution in [3.05, 3.63) is 21.3 Å². The van der Waals surface area contributed by atoms with E-state index < -0.39 is 57.2 Å². The Bertz CT molecular complexity index is 1090. The fraction of sp³-hybridized carbons (Fsp3) is 0.471. The zero-order valence-electron chi connectivity index (χ0n) is 17.7. The summed E-state index contributed by atoms with van der Waals surface area (Å²) in [6.07, 6.45) is -13.1. The van der Waals surface area contributed by atoms with Crippen molar-refractivity contribution in [1.82, 2.24) is 0 Å². The van der Waals surface area contributed by atoms with Crippen LogP contribution in [0.5, 0.6) is 0 Å². The Balaban J connectivity index is 3.88. The van der Waals surface area contributed by atoms with Crippen molar-refractivity contribution in [2.45, 2.75) is 31.8 Å². The molecule has 0 N–H and O–H groups in total. The lowest BCUT2D eigenvalue weighted by Gasteiger charge is -2.37. The van der Waals surface area contributed by atoms with Crippen LogP contribution in [-0.2, 0) is 24.4 Å². The maximum Gasteiger partial charge on any atom is 0.438 e. The third-order valence-corrected chi connectivity index (χ3v) is 6.41. The lowest BCUT2D eigenvalue weighted by Crippen LogP contribution is -2.63. The quantitative estimate of drug-likeness (QED) is 0.204. The molecule has 0 aliphatic heterocycles. The van der Waals surface area contributed by atoms with E-state index in [0.29, 0.717) is 6.07 Å². The van der Waals surface area contributed by atoms with Crippen molar-refractivity contribution in [3.63, 3.8) is 0 Å². The van der Waals surface area contributed by atoms with Crippen LogP contribution in [0.3, 0.4) is 0 Å². The highest BCUT2D eigenvalue weighted by molar-refractivity contribution is 14.1. The zero-order valence-corrected chi connectivity index (χ0v) is 20.6. The van der Waals surface area contributed by atoms with Crippen molar-refractivity contribution in [2.24, 2.45) is 0 Å². The Morgan fingerprint density at radius 2 is 1.41 bits per heavy atom. The van der Waals surface area contributed by atoms with Gasteiger partial charge in [0.05, 0.1) is 30.7 Å². The molecule has 0 heterocycles. The van der Waals surface area contributed by atoms with Crippen molar-refractivity contribution in [2.75, 3.05) is 29.6 Å². The minimum Gasteiger partial charge on any atom is -0.748 e. The Morgan fingerprint density at radius 1 is 0.971 bits per heavy atom. The molecular weight excluding hydrogens is 617 g/mol. The third-order valence-electron chi connectivity index (χ3n) is 4.51. The van der Waals surface area contributed by atoms with E-state index in [1.54, 1.807) is 0 Å². The molecule has 0 fully saturated rings. The van der Waals surface area contributed by atoms with E-state index in [4.69, 9.17) is 0 Å². The minimum atomic E-state index is -6.56. The first kappa shape index (κ1) is 29.9. The van der Waals surface area contributed by atoms with Gasteiger partial charge in [-0.15, -0.1) is 0 Å². The standard InChI is InChI=1S/C17H17F6IN2O7S/c1-8(27)25(3)10-5-11(13(24)12(6-10)26(4)9(2)28)14(29)33-15(16(18,19)20,17(21,22)23)7-34(30,31)32/h5-6H,7H2,1-4H3,(H,30,31,32)/p-1. The normalized spacial score (nSPS) is 12.8. The van der Waals surface area contributed by atoms with Crippen LogP contribution in [0.25, 0.3) is 0 Å². The summed E-state index contributed by atoms with van der Waals surface area (Å²) >= 11 is 1.34. The van der Waals surface area contributed by atoms with Gasteiger partial charge < -0.3 is 19.1 Å². The molecule has 17 heteroatoms. The number of hydrogen-bond donors (Lipinski definition) is 0. The van der Waals surface area contributed by atoms with Crippen LogP contribution in [0.1, 0.15) is 24.2 Å². The second-order valence-electron chi connectivity index (χ2n) is 6.90. The van der Waals surface area contributed by atoms with Crippen LogP contribution in [0.15, 0.2) is 12.1 Å². The molecule has 0 aliphatic carbocycles. The number of carbonyl (C=O) groups is 3. The highest BCUT2D eigenvalue weighted by Crippen LogP contribution is 2.47. The van der Waals surface area contributed by atoms with Crippen molar-refractivity contribution in [3.8, 4) is 0 Å². The summed E-state index contributed by atoms with van der Waals surface area (Å²) in [6.45, 7) is 2.12. The number of ether oxygens (including phenoxy) is 1. The molecule has 0 aliphatic rings. The first-order valence-corrected chi connectivity index (χ1v) is 11.3. The summed E-state index contributed by atoms with van der Waals surface area (Å²) in [5.74, 6) is -6.78. The number of halogens is 7. The van der Waals surface area contributed by atoms with Crippen molar-refractivity contribution in [1.29, 1.82) is 0 Å². The van der Waals surface area contributed by atoms with E-state index in [1.807, 2.05) is 0 Å². The number of amides is 2. The van der Waals surface area contributed by atoms with Crippen LogP contribution in [0, 0.1) is 3.57 Å². The molecule has 0 unspecified atom stereocenters. The first-order chi connectivity index (χ1) is 15.1. The Kier molecular flexibility index (Phi) is 8.65. The number of esters is 1. The smallest absolute Gasteiger partial charge is 0.438 e. The Labute approximate surface area is 202 Å². The summed E-state index contributed by atoms with van der Waals surface area (Å²) in [6, 6.07) is 1.87. The van der Waals surface area contributed by atoms with Gasteiger partial charge in [-0.25, -0.2) is 13.2 Å². The van der Waals surface area contributed by atoms with E-state index in [-0.39, 0.29) is 14.9 Å². The maximum absolute atomic E-state index is 13.5. The lowest BCUT2D eigenvalue weighted by atomic mass is 10.0. The van der Waals surface area contributed by atoms with Gasteiger partial charge in [0, 0.05) is 33.6 Å². The van der Waals surface area contributed by atoms with E-state index in [2.05, 4.69) is 4.74 Å². The number of nitrogens with zero attached hydrogens (tertiary/aromatic N) is 2. The first-order valence-electron chi connectivity index (χ1n) is 8.68. The van der Waals surface area contributed by atoms with Gasteiger partial charge in [0.1, 0.15) is 0 Å². The van der Waals surface area contributed by atoms with Gasteiger partial charge in [-0.1, -0.05) is 0 Å². The number of rotatable bonds is 6. The third kappa shape index (κ3) is 6.29. The predicted molar refractivity (Wildman–Crippen MR) is 112 cm³/mol. The van der Waals surface area contributed by atoms with Gasteiger partial charge in [-0.2, -0.15) is 26.3 Å². The van der Waals surface area contributed by atoms with Crippen LogP contribution in [0.2, 0.25) is 0 Å². The van der Waals surface area contributed by atoms with E-state index in [0.717, 1.165) is 36.8 Å². The van der Waals surface area contributed by atoms with E-state index in [9.17, 15) is 53.7 Å². The van der Waals surface area contributed by atoms with Crippen molar-refractivity contribution >= 4 is 61.9 Å². The number of benzene rings is 1. The van der Waals surface area contributed by atoms with Crippen LogP contribution < -0.4 is 9.80 Å². The summed E-state index contributed by atoms with van der Waals surface area (Å²) < 4.78 is 117. The fourth-order valence-electron chi connectivity index (χ4n) is 2.46. The largest absolute Gasteiger partial charge is 0.748 e. The molecule has 0 saturated carbocycles. The monoisotopic (exact) mass is 633 g/mol. The number of alkyl halides is 6. The van der Waals surface area contributed by atoms with Gasteiger partial charge in [0.15, 0.2) is 0 Å². The molecule has 1 rings (SSSR count). The highest BCUT2D eigenvalue weighted by atomic mass is 127. The van der Waals surface area contributed by atoms with Crippen LogP contribution in [0.4, 0.5) is 37.7 Å². The molecule has 0 saturated heterocycles. The van der Waals surface area contributed by atoms with Gasteiger partial charge in [0.25, 0.3) is 0 Å². The number of anilines is 2. The predicted octanol–water partition coefficient (Wildman–Crippen LogP) is 2.82. The summed E-state index contributed by atoms with van der Waals surface area (Å²) in [7, 11) is -3.89. The molecular formula is C17H16F6IN2O7S-. The fourth-order valence-corrected chi connectivity index (χ4v) is 4.24. The van der Waals surface area contributed by atoms with Crippen LogP contribution >= 0.6 is 22.6 Å².